The summed E-state index contributed by atoms with van der Waals surface area (Å²) in [6.45, 7) is 0. The van der Waals surface area contributed by atoms with Gasteiger partial charge in [-0.1, -0.05) is 164 Å². The Bertz CT molecular complexity index is 5800. The molecule has 0 radical (unpaired) electrons. The van der Waals surface area contributed by atoms with Gasteiger partial charge in [0.15, 0.2) is 34.5 Å². The van der Waals surface area contributed by atoms with Crippen LogP contribution in [0.15, 0.2) is 291 Å². The predicted molar refractivity (Wildman–Crippen MR) is 400 cm³/mol. The number of aromatic nitrogens is 3. The number of hydrogen-bond acceptors (Lipinski definition) is 7. The molecule has 3 aliphatic rings. The van der Waals surface area contributed by atoms with E-state index in [0.717, 1.165) is 200 Å². The Kier molecular flexibility index (Phi) is 11.1. The number of nitrogens with zero attached hydrogens (tertiary/aromatic N) is 7. The lowest BCUT2D eigenvalue weighted by molar-refractivity contribution is 0.482. The molecule has 0 saturated carbocycles. The van der Waals surface area contributed by atoms with Gasteiger partial charge >= 0.3 is 0 Å². The highest BCUT2D eigenvalue weighted by atomic mass is 16.5. The average molecular weight is 1250 g/mol. The largest absolute Gasteiger partial charge is 0.452 e. The molecule has 3 aliphatic heterocycles. The molecule has 0 saturated heterocycles. The molecule has 0 aliphatic carbocycles. The van der Waals surface area contributed by atoms with Gasteiger partial charge in [0.25, 0.3) is 0 Å². The Hall–Kier alpha value is -12.9. The van der Waals surface area contributed by atoms with E-state index in [-0.39, 0.29) is 0 Å². The quantitative estimate of drug-likeness (QED) is 0.164. The Morgan fingerprint density at radius 1 is 0.237 bits per heavy atom. The minimum atomic E-state index is 0.837. The molecule has 10 heteroatoms. The van der Waals surface area contributed by atoms with Crippen LogP contribution >= 0.6 is 0 Å². The number of benzene rings is 15. The predicted octanol–water partition coefficient (Wildman–Crippen LogP) is 23.5. The fourth-order valence-electron chi connectivity index (χ4n) is 16.5. The van der Waals surface area contributed by atoms with E-state index in [2.05, 4.69) is 327 Å². The van der Waals surface area contributed by atoms with Gasteiger partial charge < -0.3 is 47.5 Å². The molecule has 0 spiro atoms. The number of hydrogen-bond donors (Lipinski definition) is 0. The average Bonchev–Trinajstić information content (AvgIpc) is 1.62. The molecule has 97 heavy (non-hydrogen) atoms. The topological polar surface area (TPSA) is 55.4 Å². The summed E-state index contributed by atoms with van der Waals surface area (Å²) in [4.78, 5) is 9.26. The Morgan fingerprint density at radius 3 is 0.763 bits per heavy atom. The Balaban J connectivity index is 0.752. The molecule has 458 valence electrons. The van der Waals surface area contributed by atoms with Crippen molar-refractivity contribution in [3.8, 4) is 51.6 Å². The normalized spacial score (nSPS) is 13.1. The zero-order chi connectivity index (χ0) is 63.9. The second-order valence-electron chi connectivity index (χ2n) is 25.7. The zero-order valence-corrected chi connectivity index (χ0v) is 53.1. The first-order valence-electron chi connectivity index (χ1n) is 33.0. The van der Waals surface area contributed by atoms with Crippen LogP contribution in [0, 0.1) is 0 Å². The van der Waals surface area contributed by atoms with Crippen LogP contribution < -0.4 is 33.8 Å². The van der Waals surface area contributed by atoms with Gasteiger partial charge in [-0.05, 0) is 127 Å². The molecule has 0 N–H and O–H groups in total. The molecular formula is C87H57N7O3. The molecule has 6 heterocycles. The maximum Gasteiger partial charge on any atom is 0.161 e. The lowest BCUT2D eigenvalue weighted by Gasteiger charge is -2.31. The summed E-state index contributed by atoms with van der Waals surface area (Å²) >= 11 is 0. The van der Waals surface area contributed by atoms with Crippen molar-refractivity contribution in [3.63, 3.8) is 0 Å². The van der Waals surface area contributed by atoms with Crippen molar-refractivity contribution in [2.75, 3.05) is 40.7 Å². The minimum Gasteiger partial charge on any atom is -0.452 e. The molecule has 0 bridgehead atoms. The molecule has 0 fully saturated rings. The molecule has 15 aromatic carbocycles. The first-order chi connectivity index (χ1) is 47.9. The van der Waals surface area contributed by atoms with Crippen molar-refractivity contribution in [2.24, 2.45) is 0 Å². The van der Waals surface area contributed by atoms with Gasteiger partial charge in [-0.25, -0.2) is 0 Å². The number of fused-ring (bicyclic) bond motifs is 27. The van der Waals surface area contributed by atoms with Crippen molar-refractivity contribution in [1.82, 2.24) is 13.7 Å². The second-order valence-corrected chi connectivity index (χ2v) is 25.7. The first kappa shape index (κ1) is 53.6. The number of ether oxygens (including phenoxy) is 3. The highest BCUT2D eigenvalue weighted by molar-refractivity contribution is 6.29. The van der Waals surface area contributed by atoms with Crippen molar-refractivity contribution in [3.05, 3.63) is 291 Å². The molecule has 0 amide bonds. The SMILES string of the molecule is CN1c2ccccc2Oc2c1c1ccccc1c1c2c2ccccc2n1-c1ccc(N(c2ccc(-n3c4ccccc4c4c5c(c6ccccc6c43)N(C)c3ccccc3O5)cc2)c2ccc(-n3c4ccccc4c4c5c(c6ccccc6c43)N(C)c3ccccc3O5)cc2)cc1. The van der Waals surface area contributed by atoms with Crippen molar-refractivity contribution < 1.29 is 14.2 Å². The van der Waals surface area contributed by atoms with E-state index in [1.54, 1.807) is 0 Å². The maximum absolute atomic E-state index is 7.06. The van der Waals surface area contributed by atoms with E-state index in [1.165, 1.54) is 0 Å². The lowest BCUT2D eigenvalue weighted by Crippen LogP contribution is -2.16. The van der Waals surface area contributed by atoms with Crippen LogP contribution in [0.4, 0.5) is 51.2 Å². The molecule has 0 unspecified atom stereocenters. The van der Waals surface area contributed by atoms with E-state index in [0.29, 0.717) is 0 Å². The monoisotopic (exact) mass is 1250 g/mol. The van der Waals surface area contributed by atoms with Crippen LogP contribution in [0.25, 0.3) is 115 Å². The molecule has 10 nitrogen and oxygen atoms in total. The summed E-state index contributed by atoms with van der Waals surface area (Å²) in [7, 11) is 6.46. The highest BCUT2D eigenvalue weighted by Crippen LogP contribution is 2.59. The molecule has 21 rings (SSSR count). The highest BCUT2D eigenvalue weighted by Gasteiger charge is 2.34. The fraction of sp³-hybridized carbons (Fsp3) is 0.0345. The van der Waals surface area contributed by atoms with E-state index >= 15 is 0 Å². The summed E-state index contributed by atoms with van der Waals surface area (Å²) in [5.74, 6) is 5.09. The maximum atomic E-state index is 7.06. The summed E-state index contributed by atoms with van der Waals surface area (Å²) in [6, 6.07) is 105. The Morgan fingerprint density at radius 2 is 0.474 bits per heavy atom. The van der Waals surface area contributed by atoms with E-state index in [4.69, 9.17) is 14.2 Å². The van der Waals surface area contributed by atoms with Gasteiger partial charge in [0, 0.05) is 104 Å². The van der Waals surface area contributed by atoms with Crippen LogP contribution in [0.2, 0.25) is 0 Å². The van der Waals surface area contributed by atoms with Gasteiger partial charge in [-0.15, -0.1) is 0 Å². The third kappa shape index (κ3) is 7.38. The van der Waals surface area contributed by atoms with Gasteiger partial charge in [0.05, 0.1) is 83.4 Å². The van der Waals surface area contributed by atoms with Crippen molar-refractivity contribution in [1.29, 1.82) is 0 Å². The van der Waals surface area contributed by atoms with Gasteiger partial charge in [-0.3, -0.25) is 0 Å². The van der Waals surface area contributed by atoms with Crippen molar-refractivity contribution >= 4 is 149 Å². The van der Waals surface area contributed by atoms with Gasteiger partial charge in [-0.2, -0.15) is 0 Å². The third-order valence-corrected chi connectivity index (χ3v) is 20.7. The van der Waals surface area contributed by atoms with E-state index in [9.17, 15) is 0 Å². The molecule has 0 atom stereocenters. The van der Waals surface area contributed by atoms with Crippen LogP contribution in [-0.4, -0.2) is 34.8 Å². The van der Waals surface area contributed by atoms with Crippen LogP contribution in [0.5, 0.6) is 34.5 Å². The standard InChI is InChI=1S/C87H57N7O3/c1-88-70-34-16-19-37-73(70)95-85-76-64-28-10-13-31-67(64)92(79(76)58-22-4-7-25-61(58)82(85)88)55-46-40-52(41-47-55)91(53-42-48-56(49-43-53)93-68-32-14-11-29-65(68)77-80(93)59-23-5-8-26-62(59)83-86(77)96-74-38-20-17-35-71(74)89(83)2)54-44-50-57(51-45-54)94-69-33-15-12-30-66(69)78-81(94)60-24-6-9-27-63(60)84-87(78)97-75-39-21-18-36-72(75)90(84)3/h4-51H,1-3H3. The zero-order valence-electron chi connectivity index (χ0n) is 53.1. The first-order valence-corrected chi connectivity index (χ1v) is 33.0. The summed E-state index contributed by atoms with van der Waals surface area (Å²) in [5, 5.41) is 13.4. The fourth-order valence-corrected chi connectivity index (χ4v) is 16.5. The van der Waals surface area contributed by atoms with E-state index < -0.39 is 0 Å². The smallest absolute Gasteiger partial charge is 0.161 e. The molecule has 3 aromatic heterocycles. The van der Waals surface area contributed by atoms with Crippen LogP contribution in [-0.2, 0) is 0 Å². The number of para-hydroxylation sites is 9. The second kappa shape index (κ2) is 20.1. The molecule has 18 aromatic rings. The Labute approximate surface area is 557 Å². The minimum absolute atomic E-state index is 0.837. The summed E-state index contributed by atoms with van der Waals surface area (Å²) in [5.41, 5.74) is 19.0. The lowest BCUT2D eigenvalue weighted by atomic mass is 10.00. The van der Waals surface area contributed by atoms with Crippen molar-refractivity contribution in [2.45, 2.75) is 0 Å². The van der Waals surface area contributed by atoms with Gasteiger partial charge in [0.2, 0.25) is 0 Å². The third-order valence-electron chi connectivity index (χ3n) is 20.7. The van der Waals surface area contributed by atoms with Crippen LogP contribution in [0.1, 0.15) is 0 Å². The van der Waals surface area contributed by atoms with Crippen LogP contribution in [0.3, 0.4) is 0 Å². The number of anilines is 9. The van der Waals surface area contributed by atoms with Gasteiger partial charge in [0.1, 0.15) is 0 Å². The number of rotatable bonds is 6. The summed E-state index contributed by atoms with van der Waals surface area (Å²) in [6.07, 6.45) is 0. The summed E-state index contributed by atoms with van der Waals surface area (Å²) < 4.78 is 28.5. The molecular weight excluding hydrogens is 1190 g/mol. The van der Waals surface area contributed by atoms with E-state index in [1.807, 2.05) is 18.2 Å².